The summed E-state index contributed by atoms with van der Waals surface area (Å²) in [7, 11) is 0. The Morgan fingerprint density at radius 2 is 1.91 bits per heavy atom. The van der Waals surface area contributed by atoms with Gasteiger partial charge in [0.2, 0.25) is 17.7 Å². The number of carbonyl (C=O) groups excluding carboxylic acids is 2. The first kappa shape index (κ1) is 21.5. The van der Waals surface area contributed by atoms with Crippen LogP contribution in [0.15, 0.2) is 82.2 Å². The van der Waals surface area contributed by atoms with Crippen molar-refractivity contribution < 1.29 is 18.4 Å². The van der Waals surface area contributed by atoms with Crippen molar-refractivity contribution in [3.8, 4) is 11.5 Å². The van der Waals surface area contributed by atoms with E-state index in [0.29, 0.717) is 38.1 Å². The first-order valence-corrected chi connectivity index (χ1v) is 10.4. The van der Waals surface area contributed by atoms with Crippen LogP contribution in [0.5, 0.6) is 0 Å². The van der Waals surface area contributed by atoms with Crippen LogP contribution in [0.25, 0.3) is 22.6 Å². The lowest BCUT2D eigenvalue weighted by Gasteiger charge is -2.10. The number of aromatic nitrogens is 1. The van der Waals surface area contributed by atoms with Crippen LogP contribution in [0.2, 0.25) is 0 Å². The molecule has 6 nitrogen and oxygen atoms in total. The lowest BCUT2D eigenvalue weighted by molar-refractivity contribution is -0.115. The number of rotatable bonds is 6. The third kappa shape index (κ3) is 4.76. The van der Waals surface area contributed by atoms with Crippen LogP contribution in [-0.2, 0) is 16.0 Å². The highest BCUT2D eigenvalue weighted by Gasteiger charge is 2.14. The Labute approximate surface area is 191 Å². The zero-order valence-corrected chi connectivity index (χ0v) is 18.3. The van der Waals surface area contributed by atoms with Crippen LogP contribution in [0, 0.1) is 5.82 Å². The monoisotopic (exact) mass is 493 g/mol. The molecule has 0 fully saturated rings. The van der Waals surface area contributed by atoms with Gasteiger partial charge in [0.15, 0.2) is 5.58 Å². The third-order valence-corrected chi connectivity index (χ3v) is 5.33. The molecular weight excluding hydrogens is 477 g/mol. The van der Waals surface area contributed by atoms with E-state index in [4.69, 9.17) is 4.42 Å². The Balaban J connectivity index is 1.53. The molecule has 0 aliphatic carbocycles. The van der Waals surface area contributed by atoms with Gasteiger partial charge in [-0.2, -0.15) is 0 Å². The molecule has 0 bridgehead atoms. The van der Waals surface area contributed by atoms with E-state index in [2.05, 4.69) is 38.1 Å². The lowest BCUT2D eigenvalue weighted by Crippen LogP contribution is -2.16. The summed E-state index contributed by atoms with van der Waals surface area (Å²) in [5, 5.41) is 5.51. The second-order valence-electron chi connectivity index (χ2n) is 6.90. The average molecular weight is 494 g/mol. The van der Waals surface area contributed by atoms with Gasteiger partial charge in [-0.05, 0) is 70.0 Å². The first-order chi connectivity index (χ1) is 15.4. The summed E-state index contributed by atoms with van der Waals surface area (Å²) >= 11 is 3.37. The minimum Gasteiger partial charge on any atom is -0.436 e. The van der Waals surface area contributed by atoms with E-state index >= 15 is 0 Å². The molecule has 2 N–H and O–H groups in total. The first-order valence-electron chi connectivity index (χ1n) is 9.60. The normalized spacial score (nSPS) is 10.7. The molecule has 0 unspecified atom stereocenters. The summed E-state index contributed by atoms with van der Waals surface area (Å²) in [6.45, 7) is 3.43. The summed E-state index contributed by atoms with van der Waals surface area (Å²) in [5.41, 5.74) is 3.27. The topological polar surface area (TPSA) is 84.2 Å². The molecule has 160 valence electrons. The van der Waals surface area contributed by atoms with E-state index in [-0.39, 0.29) is 24.1 Å². The van der Waals surface area contributed by atoms with Crippen LogP contribution in [0.3, 0.4) is 0 Å². The second kappa shape index (κ2) is 9.15. The Hall–Kier alpha value is -3.78. The number of benzene rings is 3. The largest absolute Gasteiger partial charge is 0.436 e. The molecule has 4 aromatic rings. The molecule has 4 rings (SSSR count). The van der Waals surface area contributed by atoms with Gasteiger partial charge in [-0.15, -0.1) is 0 Å². The van der Waals surface area contributed by atoms with Crippen molar-refractivity contribution in [3.63, 3.8) is 0 Å². The van der Waals surface area contributed by atoms with E-state index in [1.54, 1.807) is 48.5 Å². The molecule has 1 heterocycles. The molecular formula is C24H17BrFN3O3. The van der Waals surface area contributed by atoms with Crippen molar-refractivity contribution in [2.45, 2.75) is 6.42 Å². The molecule has 0 aliphatic rings. The fraction of sp³-hybridized carbons (Fsp3) is 0.0417. The van der Waals surface area contributed by atoms with E-state index in [1.165, 1.54) is 18.2 Å². The number of amides is 2. The number of nitrogens with one attached hydrogen (secondary N) is 2. The molecule has 0 spiro atoms. The van der Waals surface area contributed by atoms with Crippen LogP contribution < -0.4 is 10.6 Å². The van der Waals surface area contributed by atoms with Crippen molar-refractivity contribution in [1.29, 1.82) is 0 Å². The molecule has 0 radical (unpaired) electrons. The number of para-hydroxylation sites is 1. The third-order valence-electron chi connectivity index (χ3n) is 4.64. The smallest absolute Gasteiger partial charge is 0.247 e. The van der Waals surface area contributed by atoms with Crippen LogP contribution >= 0.6 is 15.9 Å². The van der Waals surface area contributed by atoms with Gasteiger partial charge in [-0.25, -0.2) is 9.37 Å². The van der Waals surface area contributed by atoms with Gasteiger partial charge in [0.05, 0.1) is 12.0 Å². The molecule has 0 saturated carbocycles. The zero-order chi connectivity index (χ0) is 22.7. The van der Waals surface area contributed by atoms with Crippen molar-refractivity contribution in [2.24, 2.45) is 0 Å². The Morgan fingerprint density at radius 1 is 1.09 bits per heavy atom. The van der Waals surface area contributed by atoms with E-state index in [0.717, 1.165) is 0 Å². The quantitative estimate of drug-likeness (QED) is 0.337. The van der Waals surface area contributed by atoms with Gasteiger partial charge in [-0.3, -0.25) is 9.59 Å². The van der Waals surface area contributed by atoms with Gasteiger partial charge in [0.1, 0.15) is 11.3 Å². The number of fused-ring (bicyclic) bond motifs is 1. The molecule has 3 aromatic carbocycles. The van der Waals surface area contributed by atoms with Crippen molar-refractivity contribution in [3.05, 3.63) is 89.2 Å². The molecule has 1 aromatic heterocycles. The highest BCUT2D eigenvalue weighted by Crippen LogP contribution is 2.31. The summed E-state index contributed by atoms with van der Waals surface area (Å²) in [6.07, 6.45) is 1.23. The summed E-state index contributed by atoms with van der Waals surface area (Å²) < 4.78 is 20.0. The Bertz CT molecular complexity index is 1350. The maximum Gasteiger partial charge on any atom is 0.247 e. The maximum absolute atomic E-state index is 13.6. The highest BCUT2D eigenvalue weighted by molar-refractivity contribution is 9.10. The zero-order valence-electron chi connectivity index (χ0n) is 16.7. The number of halogens is 2. The maximum atomic E-state index is 13.6. The minimum absolute atomic E-state index is 0.0614. The molecule has 0 aliphatic heterocycles. The standard InChI is InChI=1S/C24H17BrFN3O3/c1-2-22(30)28-19-6-4-3-5-14(19)11-23(31)27-16-8-10-21-20(13-16)29-24(32-21)17-12-15(26)7-9-18(17)25/h2-10,12-13H,1,11H2,(H,27,31)(H,28,30). The summed E-state index contributed by atoms with van der Waals surface area (Å²) in [5.74, 6) is -0.749. The van der Waals surface area contributed by atoms with Crippen LogP contribution in [0.1, 0.15) is 5.56 Å². The Kier molecular flexibility index (Phi) is 6.13. The number of carbonyl (C=O) groups is 2. The Morgan fingerprint density at radius 3 is 2.72 bits per heavy atom. The van der Waals surface area contributed by atoms with E-state index in [9.17, 15) is 14.0 Å². The van der Waals surface area contributed by atoms with Crippen LogP contribution in [0.4, 0.5) is 15.8 Å². The van der Waals surface area contributed by atoms with Crippen molar-refractivity contribution in [2.75, 3.05) is 10.6 Å². The molecule has 0 atom stereocenters. The number of oxazole rings is 1. The second-order valence-corrected chi connectivity index (χ2v) is 7.76. The fourth-order valence-electron chi connectivity index (χ4n) is 3.14. The predicted octanol–water partition coefficient (Wildman–Crippen LogP) is 5.70. The average Bonchev–Trinajstić information content (AvgIpc) is 3.19. The summed E-state index contributed by atoms with van der Waals surface area (Å²) in [6, 6.07) is 16.4. The number of nitrogens with zero attached hydrogens (tertiary/aromatic N) is 1. The van der Waals surface area contributed by atoms with Crippen LogP contribution in [-0.4, -0.2) is 16.8 Å². The molecule has 32 heavy (non-hydrogen) atoms. The van der Waals surface area contributed by atoms with Gasteiger partial charge in [-0.1, -0.05) is 24.8 Å². The minimum atomic E-state index is -0.400. The van der Waals surface area contributed by atoms with E-state index in [1.807, 2.05) is 0 Å². The highest BCUT2D eigenvalue weighted by atomic mass is 79.9. The number of anilines is 2. The van der Waals surface area contributed by atoms with Gasteiger partial charge >= 0.3 is 0 Å². The molecule has 0 saturated heterocycles. The number of hydrogen-bond donors (Lipinski definition) is 2. The van der Waals surface area contributed by atoms with Crippen molar-refractivity contribution >= 4 is 50.2 Å². The van der Waals surface area contributed by atoms with Gasteiger partial charge < -0.3 is 15.1 Å². The van der Waals surface area contributed by atoms with Gasteiger partial charge in [0, 0.05) is 15.8 Å². The fourth-order valence-corrected chi connectivity index (χ4v) is 3.56. The van der Waals surface area contributed by atoms with E-state index < -0.39 is 5.82 Å². The lowest BCUT2D eigenvalue weighted by atomic mass is 10.1. The number of hydrogen-bond acceptors (Lipinski definition) is 4. The van der Waals surface area contributed by atoms with Gasteiger partial charge in [0.25, 0.3) is 0 Å². The molecule has 8 heteroatoms. The SMILES string of the molecule is C=CC(=O)Nc1ccccc1CC(=O)Nc1ccc2oc(-c3cc(F)ccc3Br)nc2c1. The summed E-state index contributed by atoms with van der Waals surface area (Å²) in [4.78, 5) is 28.6. The van der Waals surface area contributed by atoms with Crippen molar-refractivity contribution in [1.82, 2.24) is 4.98 Å². The predicted molar refractivity (Wildman–Crippen MR) is 125 cm³/mol. The molecule has 2 amide bonds.